The molecule has 0 atom stereocenters. The van der Waals surface area contributed by atoms with Gasteiger partial charge >= 0.3 is 0 Å². The van der Waals surface area contributed by atoms with E-state index in [9.17, 15) is 0 Å². The topological polar surface area (TPSA) is 66.3 Å². The van der Waals surface area contributed by atoms with Crippen LogP contribution in [0.2, 0.25) is 0 Å². The molecule has 1 aromatic rings. The van der Waals surface area contributed by atoms with Gasteiger partial charge in [0.25, 0.3) is 0 Å². The zero-order valence-corrected chi connectivity index (χ0v) is 18.3. The Hall–Kier alpha value is -1.33. The molecule has 148 valence electrons. The second kappa shape index (κ2) is 21.7. The summed E-state index contributed by atoms with van der Waals surface area (Å²) in [5, 5.41) is 17.3. The van der Waals surface area contributed by atoms with Gasteiger partial charge in [-0.15, -0.1) is 0 Å². The molecule has 0 saturated carbocycles. The van der Waals surface area contributed by atoms with Crippen LogP contribution < -0.4 is 10.6 Å². The van der Waals surface area contributed by atoms with Crippen molar-refractivity contribution in [1.29, 1.82) is 5.26 Å². The molecule has 0 aliphatic carbocycles. The van der Waals surface area contributed by atoms with Crippen molar-refractivity contribution >= 4 is 34.8 Å². The Morgan fingerprint density at radius 3 is 2.15 bits per heavy atom. The molecule has 0 aliphatic rings. The third-order valence-electron chi connectivity index (χ3n) is 2.53. The Balaban J connectivity index is 0. The van der Waals surface area contributed by atoms with E-state index in [4.69, 9.17) is 27.0 Å². The zero-order chi connectivity index (χ0) is 20.0. The number of hydrogen-bond acceptors (Lipinski definition) is 5. The molecule has 7 heteroatoms. The van der Waals surface area contributed by atoms with Crippen molar-refractivity contribution in [3.05, 3.63) is 24.3 Å². The van der Waals surface area contributed by atoms with E-state index in [1.807, 2.05) is 57.4 Å². The van der Waals surface area contributed by atoms with Crippen LogP contribution in [0.25, 0.3) is 0 Å². The smallest absolute Gasteiger partial charge is 0.170 e. The number of nitrogens with zero attached hydrogens (tertiary/aromatic N) is 1. The molecule has 0 unspecified atom stereocenters. The Bertz CT molecular complexity index is 477. The predicted molar refractivity (Wildman–Crippen MR) is 117 cm³/mol. The van der Waals surface area contributed by atoms with E-state index in [1.165, 1.54) is 0 Å². The van der Waals surface area contributed by atoms with Crippen molar-refractivity contribution in [3.63, 3.8) is 0 Å². The summed E-state index contributed by atoms with van der Waals surface area (Å²) < 4.78 is 10.7. The molecule has 1 aromatic carbocycles. The van der Waals surface area contributed by atoms with Gasteiger partial charge < -0.3 is 20.1 Å². The van der Waals surface area contributed by atoms with Gasteiger partial charge in [0, 0.05) is 23.7 Å². The largest absolute Gasteiger partial charge is 0.379 e. The van der Waals surface area contributed by atoms with Gasteiger partial charge in [-0.2, -0.15) is 5.26 Å². The average molecular weight is 400 g/mol. The fourth-order valence-corrected chi connectivity index (χ4v) is 2.13. The molecule has 0 heterocycles. The molecule has 0 radical (unpaired) electrons. The van der Waals surface area contributed by atoms with Crippen molar-refractivity contribution < 1.29 is 9.47 Å². The Labute approximate surface area is 168 Å². The van der Waals surface area contributed by atoms with Crippen LogP contribution in [0.15, 0.2) is 29.2 Å². The summed E-state index contributed by atoms with van der Waals surface area (Å²) in [7, 11) is 0. The molecule has 26 heavy (non-hydrogen) atoms. The van der Waals surface area contributed by atoms with Gasteiger partial charge in [0.05, 0.1) is 19.8 Å². The van der Waals surface area contributed by atoms with E-state index in [0.717, 1.165) is 35.4 Å². The minimum absolute atomic E-state index is 0.548. The molecular weight excluding hydrogens is 366 g/mol. The molecule has 0 amide bonds. The number of thiocyanates is 1. The van der Waals surface area contributed by atoms with Crippen LogP contribution in [-0.2, 0) is 9.47 Å². The van der Waals surface area contributed by atoms with Gasteiger partial charge in [0.2, 0.25) is 0 Å². The normalized spacial score (nSPS) is 8.92. The fourth-order valence-electron chi connectivity index (χ4n) is 1.54. The third kappa shape index (κ3) is 16.2. The zero-order valence-electron chi connectivity index (χ0n) is 16.6. The Kier molecular flexibility index (Phi) is 22.5. The monoisotopic (exact) mass is 399 g/mol. The summed E-state index contributed by atoms with van der Waals surface area (Å²) in [6, 6.07) is 7.51. The number of nitrogens with one attached hydrogen (secondary N) is 2. The van der Waals surface area contributed by atoms with E-state index in [1.54, 1.807) is 0 Å². The minimum Gasteiger partial charge on any atom is -0.379 e. The molecule has 0 aliphatic heterocycles. The highest BCUT2D eigenvalue weighted by Crippen LogP contribution is 2.18. The number of thiocarbonyl (C=S) groups is 1. The summed E-state index contributed by atoms with van der Waals surface area (Å²) in [5.41, 5.74) is 0.883. The lowest BCUT2D eigenvalue weighted by Crippen LogP contribution is -2.31. The Morgan fingerprint density at radius 1 is 1.04 bits per heavy atom. The summed E-state index contributed by atoms with van der Waals surface area (Å²) in [6.07, 6.45) is 1.03. The van der Waals surface area contributed by atoms with Crippen LogP contribution in [0.5, 0.6) is 0 Å². The van der Waals surface area contributed by atoms with Crippen LogP contribution in [0, 0.1) is 10.7 Å². The van der Waals surface area contributed by atoms with Crippen LogP contribution in [-0.4, -0.2) is 38.1 Å². The van der Waals surface area contributed by atoms with E-state index in [-0.39, 0.29) is 0 Å². The quantitative estimate of drug-likeness (QED) is 0.247. The van der Waals surface area contributed by atoms with Crippen molar-refractivity contribution in [2.45, 2.75) is 45.9 Å². The minimum atomic E-state index is 0.548. The van der Waals surface area contributed by atoms with Gasteiger partial charge in [0.15, 0.2) is 5.11 Å². The SMILES string of the molecule is CC.CC.CCCOCCOCCNC(=S)Nc1ccc(SC#N)cc1. The summed E-state index contributed by atoms with van der Waals surface area (Å²) in [6.45, 7) is 13.3. The number of nitriles is 1. The van der Waals surface area contributed by atoms with E-state index in [2.05, 4.69) is 17.6 Å². The summed E-state index contributed by atoms with van der Waals surface area (Å²) >= 11 is 6.33. The predicted octanol–water partition coefficient (Wildman–Crippen LogP) is 5.04. The van der Waals surface area contributed by atoms with E-state index in [0.29, 0.717) is 31.5 Å². The number of ether oxygens (including phenoxy) is 2. The van der Waals surface area contributed by atoms with Gasteiger partial charge in [-0.1, -0.05) is 34.6 Å². The van der Waals surface area contributed by atoms with Crippen LogP contribution in [0.1, 0.15) is 41.0 Å². The molecule has 0 aromatic heterocycles. The lowest BCUT2D eigenvalue weighted by molar-refractivity contribution is 0.0501. The lowest BCUT2D eigenvalue weighted by atomic mass is 10.3. The maximum atomic E-state index is 8.58. The summed E-state index contributed by atoms with van der Waals surface area (Å²) in [4.78, 5) is 0.908. The second-order valence-corrected chi connectivity index (χ2v) is 5.59. The first kappa shape index (κ1) is 26.9. The molecule has 5 nitrogen and oxygen atoms in total. The number of hydrogen-bond donors (Lipinski definition) is 2. The Morgan fingerprint density at radius 2 is 1.62 bits per heavy atom. The van der Waals surface area contributed by atoms with Crippen LogP contribution in [0.3, 0.4) is 0 Å². The molecule has 0 fully saturated rings. The first-order valence-electron chi connectivity index (χ1n) is 9.12. The third-order valence-corrected chi connectivity index (χ3v) is 3.37. The maximum Gasteiger partial charge on any atom is 0.170 e. The molecular formula is C19H33N3O2S2. The van der Waals surface area contributed by atoms with Crippen molar-refractivity contribution in [2.75, 3.05) is 38.3 Å². The standard InChI is InChI=1S/C15H21N3O2S2.2C2H6/c1-2-8-19-10-11-20-9-7-17-15(21)18-13-3-5-14(6-4-13)22-12-16;2*1-2/h3-6H,2,7-11H2,1H3,(H2,17,18,21);2*1-2H3. The average Bonchev–Trinajstić information content (AvgIpc) is 2.69. The molecule has 2 N–H and O–H groups in total. The molecule has 0 saturated heterocycles. The maximum absolute atomic E-state index is 8.58. The fraction of sp³-hybridized carbons (Fsp3) is 0.579. The highest BCUT2D eigenvalue weighted by atomic mass is 32.2. The number of rotatable bonds is 10. The number of thioether (sulfide) groups is 1. The highest BCUT2D eigenvalue weighted by Gasteiger charge is 1.98. The van der Waals surface area contributed by atoms with Crippen molar-refractivity contribution in [3.8, 4) is 5.40 Å². The van der Waals surface area contributed by atoms with Gasteiger partial charge in [-0.3, -0.25) is 0 Å². The van der Waals surface area contributed by atoms with Crippen molar-refractivity contribution in [1.82, 2.24) is 5.32 Å². The highest BCUT2D eigenvalue weighted by molar-refractivity contribution is 8.03. The molecule has 1 rings (SSSR count). The van der Waals surface area contributed by atoms with Crippen LogP contribution >= 0.6 is 24.0 Å². The number of benzene rings is 1. The summed E-state index contributed by atoms with van der Waals surface area (Å²) in [5.74, 6) is 0. The van der Waals surface area contributed by atoms with E-state index >= 15 is 0 Å². The first-order chi connectivity index (χ1) is 12.8. The van der Waals surface area contributed by atoms with Gasteiger partial charge in [0.1, 0.15) is 5.40 Å². The molecule has 0 spiro atoms. The van der Waals surface area contributed by atoms with Gasteiger partial charge in [-0.25, -0.2) is 0 Å². The van der Waals surface area contributed by atoms with Crippen molar-refractivity contribution in [2.24, 2.45) is 0 Å². The second-order valence-electron chi connectivity index (χ2n) is 4.32. The number of anilines is 1. The van der Waals surface area contributed by atoms with Crippen LogP contribution in [0.4, 0.5) is 5.69 Å². The molecule has 0 bridgehead atoms. The first-order valence-corrected chi connectivity index (χ1v) is 10.3. The van der Waals surface area contributed by atoms with Gasteiger partial charge in [-0.05, 0) is 54.7 Å². The van der Waals surface area contributed by atoms with E-state index < -0.39 is 0 Å². The lowest BCUT2D eigenvalue weighted by Gasteiger charge is -2.11.